The van der Waals surface area contributed by atoms with Gasteiger partial charge in [-0.25, -0.2) is 4.90 Å². The van der Waals surface area contributed by atoms with Gasteiger partial charge in [0.25, 0.3) is 11.8 Å². The fourth-order valence-corrected chi connectivity index (χ4v) is 1.59. The van der Waals surface area contributed by atoms with E-state index in [4.69, 9.17) is 0 Å². The maximum atomic E-state index is 12.0. The van der Waals surface area contributed by atoms with Crippen molar-refractivity contribution in [1.82, 2.24) is 4.90 Å². The molecule has 0 saturated heterocycles. The lowest BCUT2D eigenvalue weighted by Gasteiger charge is -2.12. The van der Waals surface area contributed by atoms with Crippen LogP contribution in [0.1, 0.15) is 20.7 Å². The molecule has 0 aliphatic heterocycles. The van der Waals surface area contributed by atoms with E-state index in [1.807, 2.05) is 0 Å². The summed E-state index contributed by atoms with van der Waals surface area (Å²) in [4.78, 5) is 35.4. The molecule has 2 aromatic carbocycles. The van der Waals surface area contributed by atoms with Gasteiger partial charge in [-0.3, -0.25) is 14.4 Å². The minimum atomic E-state index is -0.690. The van der Waals surface area contributed by atoms with Gasteiger partial charge in [0.15, 0.2) is 0 Å². The van der Waals surface area contributed by atoms with Gasteiger partial charge in [0.05, 0.1) is 0 Å². The minimum absolute atomic E-state index is 0.259. The van der Waals surface area contributed by atoms with Crippen LogP contribution in [-0.2, 0) is 4.79 Å². The Morgan fingerprint density at radius 1 is 0.737 bits per heavy atom. The quantitative estimate of drug-likeness (QED) is 0.620. The van der Waals surface area contributed by atoms with Gasteiger partial charge >= 0.3 is 6.41 Å². The molecule has 1 radical (unpaired) electrons. The molecule has 0 aromatic heterocycles. The van der Waals surface area contributed by atoms with E-state index in [0.717, 1.165) is 0 Å². The van der Waals surface area contributed by atoms with Crippen molar-refractivity contribution in [3.05, 3.63) is 71.8 Å². The molecule has 93 valence electrons. The Morgan fingerprint density at radius 3 is 1.42 bits per heavy atom. The summed E-state index contributed by atoms with van der Waals surface area (Å²) in [7, 11) is 0. The minimum Gasteiger partial charge on any atom is -0.268 e. The second-order valence-electron chi connectivity index (χ2n) is 3.77. The molecule has 0 bridgehead atoms. The van der Waals surface area contributed by atoms with Crippen LogP contribution < -0.4 is 0 Å². The van der Waals surface area contributed by atoms with E-state index in [1.165, 1.54) is 30.7 Å². The Kier molecular flexibility index (Phi) is 3.83. The molecule has 3 amide bonds. The Labute approximate surface area is 110 Å². The first-order valence-electron chi connectivity index (χ1n) is 5.60. The summed E-state index contributed by atoms with van der Waals surface area (Å²) in [6.45, 7) is 0. The zero-order valence-corrected chi connectivity index (χ0v) is 9.95. The lowest BCUT2D eigenvalue weighted by Crippen LogP contribution is -2.35. The fourth-order valence-electron chi connectivity index (χ4n) is 1.59. The lowest BCUT2D eigenvalue weighted by atomic mass is 10.1. The summed E-state index contributed by atoms with van der Waals surface area (Å²) in [5, 5.41) is 0. The van der Waals surface area contributed by atoms with Gasteiger partial charge in [-0.05, 0) is 24.3 Å². The third kappa shape index (κ3) is 2.74. The van der Waals surface area contributed by atoms with Crippen LogP contribution in [0.4, 0.5) is 0 Å². The number of nitrogens with zero attached hydrogens (tertiary/aromatic N) is 1. The van der Waals surface area contributed by atoms with Crippen LogP contribution >= 0.6 is 0 Å². The molecule has 0 aliphatic rings. The molecule has 0 heterocycles. The highest BCUT2D eigenvalue weighted by atomic mass is 16.2. The van der Waals surface area contributed by atoms with E-state index >= 15 is 0 Å². The third-order valence-electron chi connectivity index (χ3n) is 2.54. The number of carbonyl (C=O) groups is 2. The predicted octanol–water partition coefficient (Wildman–Crippen LogP) is 2.04. The van der Waals surface area contributed by atoms with E-state index in [1.54, 1.807) is 36.4 Å². The Morgan fingerprint density at radius 2 is 1.11 bits per heavy atom. The molecule has 0 atom stereocenters. The van der Waals surface area contributed by atoms with Crippen LogP contribution in [0.25, 0.3) is 0 Å². The van der Waals surface area contributed by atoms with Gasteiger partial charge in [0.1, 0.15) is 0 Å². The van der Waals surface area contributed by atoms with Crippen LogP contribution in [-0.4, -0.2) is 23.1 Å². The topological polar surface area (TPSA) is 54.5 Å². The molecule has 19 heavy (non-hydrogen) atoms. The summed E-state index contributed by atoms with van der Waals surface area (Å²) in [5.41, 5.74) is 0.519. The third-order valence-corrected chi connectivity index (χ3v) is 2.54. The van der Waals surface area contributed by atoms with Crippen molar-refractivity contribution >= 4 is 18.2 Å². The van der Waals surface area contributed by atoms with E-state index in [2.05, 4.69) is 0 Å². The van der Waals surface area contributed by atoms with Crippen LogP contribution in [0.2, 0.25) is 0 Å². The molecule has 0 saturated carbocycles. The first-order chi connectivity index (χ1) is 9.24. The van der Waals surface area contributed by atoms with Crippen molar-refractivity contribution in [1.29, 1.82) is 0 Å². The van der Waals surface area contributed by atoms with Crippen molar-refractivity contribution in [3.63, 3.8) is 0 Å². The molecular formula is C15H10NO3. The zero-order chi connectivity index (χ0) is 13.7. The highest BCUT2D eigenvalue weighted by Crippen LogP contribution is 2.08. The van der Waals surface area contributed by atoms with E-state index in [9.17, 15) is 14.4 Å². The van der Waals surface area contributed by atoms with Crippen molar-refractivity contribution in [2.75, 3.05) is 0 Å². The number of amides is 3. The normalized spacial score (nSPS) is 9.68. The largest absolute Gasteiger partial charge is 0.327 e. The van der Waals surface area contributed by atoms with Crippen LogP contribution in [0.3, 0.4) is 0 Å². The van der Waals surface area contributed by atoms with Crippen LogP contribution in [0, 0.1) is 0 Å². The number of hydrogen-bond acceptors (Lipinski definition) is 3. The summed E-state index contributed by atoms with van der Waals surface area (Å²) in [5.74, 6) is -1.38. The second-order valence-corrected chi connectivity index (χ2v) is 3.77. The average Bonchev–Trinajstić information content (AvgIpc) is 2.49. The SMILES string of the molecule is O=[C]N(C(=O)c1ccccc1)C(=O)c1ccccc1. The Balaban J connectivity index is 2.29. The monoisotopic (exact) mass is 252 g/mol. The highest BCUT2D eigenvalue weighted by molar-refractivity contribution is 6.16. The molecule has 0 unspecified atom stereocenters. The Hall–Kier alpha value is -2.75. The van der Waals surface area contributed by atoms with Crippen molar-refractivity contribution in [2.24, 2.45) is 0 Å². The second kappa shape index (κ2) is 5.73. The van der Waals surface area contributed by atoms with Crippen molar-refractivity contribution in [3.8, 4) is 0 Å². The van der Waals surface area contributed by atoms with Crippen molar-refractivity contribution < 1.29 is 14.4 Å². The average molecular weight is 252 g/mol. The van der Waals surface area contributed by atoms with E-state index in [0.29, 0.717) is 4.90 Å². The van der Waals surface area contributed by atoms with Crippen molar-refractivity contribution in [2.45, 2.75) is 0 Å². The smallest absolute Gasteiger partial charge is 0.268 e. The molecule has 0 fully saturated rings. The number of benzene rings is 2. The van der Waals surface area contributed by atoms with Gasteiger partial charge in [-0.1, -0.05) is 36.4 Å². The van der Waals surface area contributed by atoms with E-state index < -0.39 is 11.8 Å². The maximum Gasteiger partial charge on any atom is 0.327 e. The molecule has 0 N–H and O–H groups in total. The highest BCUT2D eigenvalue weighted by Gasteiger charge is 2.24. The lowest BCUT2D eigenvalue weighted by molar-refractivity contribution is 0.0710. The molecule has 4 nitrogen and oxygen atoms in total. The molecule has 0 spiro atoms. The fraction of sp³-hybridized carbons (Fsp3) is 0. The standard InChI is InChI=1S/C15H10NO3/c17-11-16(14(18)12-7-3-1-4-8-12)15(19)13-9-5-2-6-10-13/h1-10H. The summed E-state index contributed by atoms with van der Waals surface area (Å²) in [6, 6.07) is 16.2. The van der Waals surface area contributed by atoms with Crippen LogP contribution in [0.5, 0.6) is 0 Å². The van der Waals surface area contributed by atoms with Gasteiger partial charge in [0, 0.05) is 11.1 Å². The molecule has 2 aromatic rings. The molecular weight excluding hydrogens is 242 g/mol. The molecule has 0 aliphatic carbocycles. The number of imide groups is 3. The maximum absolute atomic E-state index is 12.0. The molecule has 4 heteroatoms. The summed E-state index contributed by atoms with van der Waals surface area (Å²) < 4.78 is 0. The first-order valence-corrected chi connectivity index (χ1v) is 5.60. The Bertz CT molecular complexity index is 542. The van der Waals surface area contributed by atoms with Gasteiger partial charge in [0.2, 0.25) is 0 Å². The molecule has 2 rings (SSSR count). The van der Waals surface area contributed by atoms with E-state index in [-0.39, 0.29) is 11.1 Å². The van der Waals surface area contributed by atoms with Gasteiger partial charge in [-0.15, -0.1) is 0 Å². The first kappa shape index (κ1) is 12.7. The summed E-state index contributed by atoms with van der Waals surface area (Å²) >= 11 is 0. The predicted molar refractivity (Wildman–Crippen MR) is 69.1 cm³/mol. The van der Waals surface area contributed by atoms with Gasteiger partial charge < -0.3 is 0 Å². The van der Waals surface area contributed by atoms with Gasteiger partial charge in [-0.2, -0.15) is 0 Å². The number of rotatable bonds is 3. The number of carbonyl (C=O) groups excluding carboxylic acids is 3. The summed E-state index contributed by atoms with van der Waals surface area (Å²) in [6.07, 6.45) is 1.38. The zero-order valence-electron chi connectivity index (χ0n) is 9.95. The van der Waals surface area contributed by atoms with Crippen LogP contribution in [0.15, 0.2) is 60.7 Å². The number of hydrogen-bond donors (Lipinski definition) is 0.